The second kappa shape index (κ2) is 8.01. The van der Waals surface area contributed by atoms with Gasteiger partial charge >= 0.3 is 0 Å². The third-order valence-electron chi connectivity index (χ3n) is 4.16. The summed E-state index contributed by atoms with van der Waals surface area (Å²) >= 11 is 0. The molecule has 1 N–H and O–H groups in total. The molecule has 0 saturated carbocycles. The van der Waals surface area contributed by atoms with E-state index in [1.165, 1.54) is 4.31 Å². The van der Waals surface area contributed by atoms with E-state index in [2.05, 4.69) is 5.32 Å². The molecule has 0 heterocycles. The Morgan fingerprint density at radius 1 is 1.12 bits per heavy atom. The van der Waals surface area contributed by atoms with Crippen molar-refractivity contribution in [2.45, 2.75) is 60.0 Å². The van der Waals surface area contributed by atoms with Gasteiger partial charge in [0.25, 0.3) is 0 Å². The van der Waals surface area contributed by atoms with Gasteiger partial charge in [0.15, 0.2) is 0 Å². The van der Waals surface area contributed by atoms with Crippen molar-refractivity contribution >= 4 is 21.6 Å². The van der Waals surface area contributed by atoms with E-state index in [1.54, 1.807) is 12.1 Å². The summed E-state index contributed by atoms with van der Waals surface area (Å²) in [7, 11) is -3.59. The van der Waals surface area contributed by atoms with E-state index in [0.717, 1.165) is 17.4 Å². The highest BCUT2D eigenvalue weighted by Gasteiger charge is 2.32. The largest absolute Gasteiger partial charge is 0.352 e. The van der Waals surface area contributed by atoms with Crippen LogP contribution in [0.2, 0.25) is 0 Å². The number of nitrogens with zero attached hydrogens (tertiary/aromatic N) is 1. The molecule has 0 radical (unpaired) electrons. The zero-order valence-corrected chi connectivity index (χ0v) is 16.6. The van der Waals surface area contributed by atoms with Crippen molar-refractivity contribution in [1.82, 2.24) is 5.32 Å². The standard InChI is InChI=1S/C18H30N2O3S/c1-8-17(18(21)19-15(6)12(2)3)20(24(7,22)23)16-10-13(4)9-14(5)11-16/h9-12,15,17H,8H2,1-7H3,(H,19,21)/t15-,17-/m1/s1. The first-order valence-corrected chi connectivity index (χ1v) is 10.2. The number of hydrogen-bond acceptors (Lipinski definition) is 3. The number of aryl methyl sites for hydroxylation is 2. The number of rotatable bonds is 7. The fourth-order valence-corrected chi connectivity index (χ4v) is 3.82. The van der Waals surface area contributed by atoms with Crippen molar-refractivity contribution in [1.29, 1.82) is 0 Å². The Kier molecular flexibility index (Phi) is 6.84. The number of carbonyl (C=O) groups excluding carboxylic acids is 1. The predicted octanol–water partition coefficient (Wildman–Crippen LogP) is 3.01. The predicted molar refractivity (Wildman–Crippen MR) is 99.8 cm³/mol. The highest BCUT2D eigenvalue weighted by atomic mass is 32.2. The van der Waals surface area contributed by atoms with Gasteiger partial charge in [0.1, 0.15) is 6.04 Å². The summed E-state index contributed by atoms with van der Waals surface area (Å²) < 4.78 is 26.1. The van der Waals surface area contributed by atoms with Crippen molar-refractivity contribution in [3.8, 4) is 0 Å². The topological polar surface area (TPSA) is 66.5 Å². The fourth-order valence-electron chi connectivity index (χ4n) is 2.63. The Balaban J connectivity index is 3.30. The molecule has 5 nitrogen and oxygen atoms in total. The van der Waals surface area contributed by atoms with Crippen molar-refractivity contribution in [2.75, 3.05) is 10.6 Å². The Labute approximate surface area is 146 Å². The lowest BCUT2D eigenvalue weighted by Gasteiger charge is -2.32. The molecule has 1 amide bonds. The summed E-state index contributed by atoms with van der Waals surface area (Å²) in [6.07, 6.45) is 1.54. The van der Waals surface area contributed by atoms with E-state index in [0.29, 0.717) is 12.1 Å². The van der Waals surface area contributed by atoms with Crippen molar-refractivity contribution in [2.24, 2.45) is 5.92 Å². The first kappa shape index (κ1) is 20.5. The summed E-state index contributed by atoms with van der Waals surface area (Å²) in [4.78, 5) is 12.7. The van der Waals surface area contributed by atoms with Gasteiger partial charge in [-0.1, -0.05) is 26.8 Å². The van der Waals surface area contributed by atoms with Crippen LogP contribution in [0.15, 0.2) is 18.2 Å². The smallest absolute Gasteiger partial charge is 0.244 e. The molecular weight excluding hydrogens is 324 g/mol. The number of hydrogen-bond donors (Lipinski definition) is 1. The number of carbonyl (C=O) groups is 1. The van der Waals surface area contributed by atoms with Crippen LogP contribution in [0.5, 0.6) is 0 Å². The summed E-state index contributed by atoms with van der Waals surface area (Å²) in [6.45, 7) is 11.6. The molecule has 6 heteroatoms. The quantitative estimate of drug-likeness (QED) is 0.818. The van der Waals surface area contributed by atoms with Crippen LogP contribution in [-0.2, 0) is 14.8 Å². The molecule has 0 spiro atoms. The lowest BCUT2D eigenvalue weighted by Crippen LogP contribution is -2.52. The number of amides is 1. The van der Waals surface area contributed by atoms with Crippen LogP contribution in [0.3, 0.4) is 0 Å². The first-order chi connectivity index (χ1) is 11.0. The van der Waals surface area contributed by atoms with Gasteiger partial charge in [-0.15, -0.1) is 0 Å². The highest BCUT2D eigenvalue weighted by molar-refractivity contribution is 7.92. The van der Waals surface area contributed by atoms with E-state index in [9.17, 15) is 13.2 Å². The maximum Gasteiger partial charge on any atom is 0.244 e. The minimum atomic E-state index is -3.59. The Morgan fingerprint density at radius 3 is 2.00 bits per heavy atom. The number of nitrogens with one attached hydrogen (secondary N) is 1. The average Bonchev–Trinajstić information content (AvgIpc) is 2.41. The monoisotopic (exact) mass is 354 g/mol. The molecule has 136 valence electrons. The van der Waals surface area contributed by atoms with Crippen LogP contribution in [-0.4, -0.2) is 32.7 Å². The average molecular weight is 355 g/mol. The molecule has 1 rings (SSSR count). The van der Waals surface area contributed by atoms with Crippen LogP contribution in [0, 0.1) is 19.8 Å². The van der Waals surface area contributed by atoms with Gasteiger partial charge in [0.05, 0.1) is 11.9 Å². The van der Waals surface area contributed by atoms with E-state index < -0.39 is 16.1 Å². The molecule has 0 aliphatic heterocycles. The molecule has 0 fully saturated rings. The second-order valence-electron chi connectivity index (χ2n) is 6.87. The number of anilines is 1. The third kappa shape index (κ3) is 5.23. The van der Waals surface area contributed by atoms with Gasteiger partial charge in [-0.05, 0) is 56.4 Å². The number of sulfonamides is 1. The minimum Gasteiger partial charge on any atom is -0.352 e. The number of benzene rings is 1. The summed E-state index contributed by atoms with van der Waals surface area (Å²) in [5.74, 6) is 0.0163. The maximum atomic E-state index is 12.7. The highest BCUT2D eigenvalue weighted by Crippen LogP contribution is 2.25. The van der Waals surface area contributed by atoms with Gasteiger partial charge in [0, 0.05) is 6.04 Å². The first-order valence-electron chi connectivity index (χ1n) is 8.35. The third-order valence-corrected chi connectivity index (χ3v) is 5.34. The lowest BCUT2D eigenvalue weighted by molar-refractivity contribution is -0.123. The molecule has 0 bridgehead atoms. The van der Waals surface area contributed by atoms with Crippen LogP contribution in [0.25, 0.3) is 0 Å². The molecule has 0 aliphatic carbocycles. The van der Waals surface area contributed by atoms with Gasteiger partial charge in [0.2, 0.25) is 15.9 Å². The summed E-state index contributed by atoms with van der Waals surface area (Å²) in [6, 6.07) is 4.80. The molecule has 0 saturated heterocycles. The van der Waals surface area contributed by atoms with Gasteiger partial charge in [-0.2, -0.15) is 0 Å². The molecular formula is C18H30N2O3S. The summed E-state index contributed by atoms with van der Waals surface area (Å²) in [5.41, 5.74) is 2.46. The lowest BCUT2D eigenvalue weighted by atomic mass is 10.1. The zero-order valence-electron chi connectivity index (χ0n) is 15.8. The maximum absolute atomic E-state index is 12.7. The molecule has 0 aliphatic rings. The van der Waals surface area contributed by atoms with E-state index in [-0.39, 0.29) is 17.9 Å². The van der Waals surface area contributed by atoms with Crippen LogP contribution in [0.1, 0.15) is 45.2 Å². The summed E-state index contributed by atoms with van der Waals surface area (Å²) in [5, 5.41) is 2.94. The Bertz CT molecular complexity index is 663. The van der Waals surface area contributed by atoms with Crippen molar-refractivity contribution in [3.63, 3.8) is 0 Å². The molecule has 24 heavy (non-hydrogen) atoms. The second-order valence-corrected chi connectivity index (χ2v) is 8.73. The van der Waals surface area contributed by atoms with E-state index in [4.69, 9.17) is 0 Å². The van der Waals surface area contributed by atoms with Crippen LogP contribution in [0.4, 0.5) is 5.69 Å². The minimum absolute atomic E-state index is 0.0211. The molecule has 2 atom stereocenters. The van der Waals surface area contributed by atoms with Crippen LogP contribution < -0.4 is 9.62 Å². The molecule has 0 unspecified atom stereocenters. The SMILES string of the molecule is CC[C@H](C(=O)N[C@H](C)C(C)C)N(c1cc(C)cc(C)c1)S(C)(=O)=O. The van der Waals surface area contributed by atoms with Gasteiger partial charge in [-0.25, -0.2) is 8.42 Å². The van der Waals surface area contributed by atoms with Crippen LogP contribution >= 0.6 is 0 Å². The molecule has 1 aromatic rings. The van der Waals surface area contributed by atoms with Crippen molar-refractivity contribution in [3.05, 3.63) is 29.3 Å². The van der Waals surface area contributed by atoms with Gasteiger partial charge < -0.3 is 5.32 Å². The van der Waals surface area contributed by atoms with E-state index >= 15 is 0 Å². The Hall–Kier alpha value is -1.56. The van der Waals surface area contributed by atoms with Crippen molar-refractivity contribution < 1.29 is 13.2 Å². The van der Waals surface area contributed by atoms with E-state index in [1.807, 2.05) is 47.6 Å². The fraction of sp³-hybridized carbons (Fsp3) is 0.611. The normalized spacial score (nSPS) is 14.3. The Morgan fingerprint density at radius 2 is 1.62 bits per heavy atom. The molecule has 1 aromatic carbocycles. The van der Waals surface area contributed by atoms with Gasteiger partial charge in [-0.3, -0.25) is 9.10 Å². The molecule has 0 aromatic heterocycles. The zero-order chi connectivity index (χ0) is 18.7.